The zero-order valence-corrected chi connectivity index (χ0v) is 9.01. The molecule has 1 atom stereocenters. The summed E-state index contributed by atoms with van der Waals surface area (Å²) >= 11 is 0. The first kappa shape index (κ1) is 10.8. The molecular formula is C12H13NO3. The highest BCUT2D eigenvalue weighted by atomic mass is 16.5. The molecule has 1 aliphatic rings. The zero-order valence-electron chi connectivity index (χ0n) is 9.01. The highest BCUT2D eigenvalue weighted by molar-refractivity contribution is 5.87. The van der Waals surface area contributed by atoms with Crippen LogP contribution in [0.3, 0.4) is 0 Å². The number of para-hydroxylation sites is 1. The third kappa shape index (κ3) is 2.28. The van der Waals surface area contributed by atoms with E-state index >= 15 is 0 Å². The van der Waals surface area contributed by atoms with Crippen molar-refractivity contribution in [1.29, 1.82) is 0 Å². The van der Waals surface area contributed by atoms with Gasteiger partial charge in [-0.2, -0.15) is 0 Å². The van der Waals surface area contributed by atoms with Crippen LogP contribution in [0.4, 0.5) is 5.69 Å². The number of aliphatic carboxylic acids is 1. The number of nitrogens with zero attached hydrogens (tertiary/aromatic N) is 1. The Morgan fingerprint density at radius 1 is 1.56 bits per heavy atom. The van der Waals surface area contributed by atoms with E-state index in [0.717, 1.165) is 17.0 Å². The molecule has 16 heavy (non-hydrogen) atoms. The monoisotopic (exact) mass is 219 g/mol. The van der Waals surface area contributed by atoms with Crippen LogP contribution in [0.25, 0.3) is 0 Å². The van der Waals surface area contributed by atoms with Crippen molar-refractivity contribution in [2.75, 3.05) is 6.61 Å². The SMILES string of the molecule is CC1=Nc2ccccc2[C@H](OCC(=O)O)C1. The number of hydrogen-bond acceptors (Lipinski definition) is 3. The third-order valence-corrected chi connectivity index (χ3v) is 2.48. The van der Waals surface area contributed by atoms with E-state index in [-0.39, 0.29) is 12.7 Å². The Morgan fingerprint density at radius 3 is 3.06 bits per heavy atom. The average Bonchev–Trinajstić information content (AvgIpc) is 2.25. The number of rotatable bonds is 3. The lowest BCUT2D eigenvalue weighted by Gasteiger charge is -2.23. The number of carboxylic acids is 1. The molecular weight excluding hydrogens is 206 g/mol. The van der Waals surface area contributed by atoms with Crippen molar-refractivity contribution >= 4 is 17.4 Å². The first-order chi connectivity index (χ1) is 7.66. The van der Waals surface area contributed by atoms with E-state index in [9.17, 15) is 4.79 Å². The molecule has 1 heterocycles. The largest absolute Gasteiger partial charge is 0.480 e. The van der Waals surface area contributed by atoms with Gasteiger partial charge in [-0.25, -0.2) is 4.79 Å². The van der Waals surface area contributed by atoms with E-state index in [1.165, 1.54) is 0 Å². The first-order valence-corrected chi connectivity index (χ1v) is 5.13. The number of ether oxygens (including phenoxy) is 1. The Labute approximate surface area is 93.6 Å². The van der Waals surface area contributed by atoms with Gasteiger partial charge in [-0.05, 0) is 13.0 Å². The van der Waals surface area contributed by atoms with Crippen molar-refractivity contribution in [2.45, 2.75) is 19.4 Å². The fraction of sp³-hybridized carbons (Fsp3) is 0.333. The summed E-state index contributed by atoms with van der Waals surface area (Å²) in [5.74, 6) is -0.947. The summed E-state index contributed by atoms with van der Waals surface area (Å²) in [5, 5.41) is 8.60. The highest BCUT2D eigenvalue weighted by Crippen LogP contribution is 2.34. The number of fused-ring (bicyclic) bond motifs is 1. The van der Waals surface area contributed by atoms with Gasteiger partial charge >= 0.3 is 5.97 Å². The van der Waals surface area contributed by atoms with E-state index < -0.39 is 5.97 Å². The number of benzene rings is 1. The van der Waals surface area contributed by atoms with Crippen molar-refractivity contribution in [3.05, 3.63) is 29.8 Å². The molecule has 0 saturated heterocycles. The molecule has 84 valence electrons. The maximum absolute atomic E-state index is 10.5. The number of carboxylic acid groups (broad SMARTS) is 1. The van der Waals surface area contributed by atoms with Crippen LogP contribution < -0.4 is 0 Å². The van der Waals surface area contributed by atoms with Gasteiger partial charge in [-0.1, -0.05) is 18.2 Å². The molecule has 0 aromatic heterocycles. The summed E-state index contributed by atoms with van der Waals surface area (Å²) in [4.78, 5) is 14.9. The molecule has 1 aromatic rings. The Balaban J connectivity index is 2.22. The Kier molecular flexibility index (Phi) is 3.01. The topological polar surface area (TPSA) is 58.9 Å². The van der Waals surface area contributed by atoms with Gasteiger partial charge in [0.15, 0.2) is 0 Å². The molecule has 0 bridgehead atoms. The molecule has 0 amide bonds. The van der Waals surface area contributed by atoms with Gasteiger partial charge in [0, 0.05) is 17.7 Å². The quantitative estimate of drug-likeness (QED) is 0.848. The fourth-order valence-electron chi connectivity index (χ4n) is 1.81. The van der Waals surface area contributed by atoms with Crippen LogP contribution in [0.1, 0.15) is 25.0 Å². The van der Waals surface area contributed by atoms with Crippen LogP contribution in [0.5, 0.6) is 0 Å². The van der Waals surface area contributed by atoms with E-state index in [4.69, 9.17) is 9.84 Å². The molecule has 1 aliphatic heterocycles. The molecule has 2 rings (SSSR count). The number of carbonyl (C=O) groups is 1. The first-order valence-electron chi connectivity index (χ1n) is 5.13. The molecule has 0 saturated carbocycles. The minimum absolute atomic E-state index is 0.190. The van der Waals surface area contributed by atoms with Crippen molar-refractivity contribution in [2.24, 2.45) is 4.99 Å². The van der Waals surface area contributed by atoms with Crippen molar-refractivity contribution in [3.8, 4) is 0 Å². The van der Waals surface area contributed by atoms with Gasteiger partial charge in [0.05, 0.1) is 11.8 Å². The Bertz CT molecular complexity index is 440. The Morgan fingerprint density at radius 2 is 2.31 bits per heavy atom. The van der Waals surface area contributed by atoms with E-state index in [2.05, 4.69) is 4.99 Å². The summed E-state index contributed by atoms with van der Waals surface area (Å²) < 4.78 is 5.36. The summed E-state index contributed by atoms with van der Waals surface area (Å²) in [6.07, 6.45) is 0.467. The second kappa shape index (κ2) is 4.45. The van der Waals surface area contributed by atoms with E-state index in [1.54, 1.807) is 0 Å². The van der Waals surface area contributed by atoms with Crippen LogP contribution >= 0.6 is 0 Å². The molecule has 4 nitrogen and oxygen atoms in total. The predicted octanol–water partition coefficient (Wildman–Crippen LogP) is 2.33. The average molecular weight is 219 g/mol. The molecule has 0 radical (unpaired) electrons. The molecule has 4 heteroatoms. The summed E-state index contributed by atoms with van der Waals surface area (Å²) in [6, 6.07) is 7.66. The van der Waals surface area contributed by atoms with Gasteiger partial charge in [0.1, 0.15) is 6.61 Å². The van der Waals surface area contributed by atoms with Crippen LogP contribution in [-0.4, -0.2) is 23.4 Å². The minimum Gasteiger partial charge on any atom is -0.480 e. The summed E-state index contributed by atoms with van der Waals surface area (Å²) in [6.45, 7) is 1.65. The fourth-order valence-corrected chi connectivity index (χ4v) is 1.81. The molecule has 0 spiro atoms. The predicted molar refractivity (Wildman–Crippen MR) is 60.2 cm³/mol. The minimum atomic E-state index is -0.947. The Hall–Kier alpha value is -1.68. The highest BCUT2D eigenvalue weighted by Gasteiger charge is 2.21. The van der Waals surface area contributed by atoms with Gasteiger partial charge in [-0.3, -0.25) is 4.99 Å². The van der Waals surface area contributed by atoms with Gasteiger partial charge in [0.2, 0.25) is 0 Å². The lowest BCUT2D eigenvalue weighted by atomic mass is 9.99. The maximum atomic E-state index is 10.5. The summed E-state index contributed by atoms with van der Waals surface area (Å²) in [7, 11) is 0. The lowest BCUT2D eigenvalue weighted by Crippen LogP contribution is -2.16. The van der Waals surface area contributed by atoms with Crippen LogP contribution in [0.15, 0.2) is 29.3 Å². The second-order valence-electron chi connectivity index (χ2n) is 3.80. The number of aliphatic imine (C=N–C) groups is 1. The van der Waals surface area contributed by atoms with Gasteiger partial charge in [0.25, 0.3) is 0 Å². The molecule has 0 unspecified atom stereocenters. The maximum Gasteiger partial charge on any atom is 0.329 e. The van der Waals surface area contributed by atoms with Crippen molar-refractivity contribution < 1.29 is 14.6 Å². The normalized spacial score (nSPS) is 18.8. The standard InChI is InChI=1S/C12H13NO3/c1-8-6-11(16-7-12(14)15)9-4-2-3-5-10(9)13-8/h2-5,11H,6-7H2,1H3,(H,14,15)/t11-/m1/s1. The smallest absolute Gasteiger partial charge is 0.329 e. The van der Waals surface area contributed by atoms with Crippen molar-refractivity contribution in [3.63, 3.8) is 0 Å². The summed E-state index contributed by atoms with van der Waals surface area (Å²) in [5.41, 5.74) is 2.81. The molecule has 0 aliphatic carbocycles. The van der Waals surface area contributed by atoms with E-state index in [0.29, 0.717) is 6.42 Å². The van der Waals surface area contributed by atoms with Gasteiger partial charge < -0.3 is 9.84 Å². The molecule has 0 fully saturated rings. The molecule has 1 N–H and O–H groups in total. The zero-order chi connectivity index (χ0) is 11.5. The van der Waals surface area contributed by atoms with Crippen LogP contribution in [-0.2, 0) is 9.53 Å². The third-order valence-electron chi connectivity index (χ3n) is 2.48. The second-order valence-corrected chi connectivity index (χ2v) is 3.80. The van der Waals surface area contributed by atoms with E-state index in [1.807, 2.05) is 31.2 Å². The van der Waals surface area contributed by atoms with Crippen LogP contribution in [0.2, 0.25) is 0 Å². The molecule has 1 aromatic carbocycles. The van der Waals surface area contributed by atoms with Crippen LogP contribution in [0, 0.1) is 0 Å². The van der Waals surface area contributed by atoms with Crippen molar-refractivity contribution in [1.82, 2.24) is 0 Å². The van der Waals surface area contributed by atoms with Gasteiger partial charge in [-0.15, -0.1) is 0 Å². The number of hydrogen-bond donors (Lipinski definition) is 1. The lowest BCUT2D eigenvalue weighted by molar-refractivity contribution is -0.144.